The average Bonchev–Trinajstić information content (AvgIpc) is 2.35. The molecule has 3 heteroatoms. The number of rotatable bonds is 7. The second-order valence-electron chi connectivity index (χ2n) is 6.29. The van der Waals surface area contributed by atoms with Crippen molar-refractivity contribution in [1.82, 2.24) is 5.32 Å². The molecule has 20 heavy (non-hydrogen) atoms. The highest BCUT2D eigenvalue weighted by molar-refractivity contribution is 5.73. The fourth-order valence-electron chi connectivity index (χ4n) is 2.33. The summed E-state index contributed by atoms with van der Waals surface area (Å²) in [6, 6.07) is 7.98. The van der Waals surface area contributed by atoms with Gasteiger partial charge in [0.2, 0.25) is 0 Å². The van der Waals surface area contributed by atoms with Gasteiger partial charge in [-0.25, -0.2) is 0 Å². The normalized spacial score (nSPS) is 14.6. The number of hydrogen-bond acceptors (Lipinski definition) is 2. The standard InChI is InChI=1S/C17H27NO2/c1-11(2)10-14-6-8-15(9-7-14)13(5)18-16(12(3)4)17(19)20/h6-9,11-13,16,18H,10H2,1-5H3,(H,19,20). The van der Waals surface area contributed by atoms with E-state index in [1.54, 1.807) is 0 Å². The number of carboxylic acid groups (broad SMARTS) is 1. The summed E-state index contributed by atoms with van der Waals surface area (Å²) in [4.78, 5) is 11.2. The Morgan fingerprint density at radius 2 is 1.65 bits per heavy atom. The first-order valence-electron chi connectivity index (χ1n) is 7.39. The zero-order chi connectivity index (χ0) is 15.3. The minimum atomic E-state index is -0.789. The van der Waals surface area contributed by atoms with Crippen molar-refractivity contribution in [1.29, 1.82) is 0 Å². The van der Waals surface area contributed by atoms with Crippen LogP contribution in [0.4, 0.5) is 0 Å². The van der Waals surface area contributed by atoms with Crippen molar-refractivity contribution in [2.75, 3.05) is 0 Å². The minimum absolute atomic E-state index is 0.0339. The summed E-state index contributed by atoms with van der Waals surface area (Å²) in [6.45, 7) is 10.3. The molecule has 0 spiro atoms. The lowest BCUT2D eigenvalue weighted by molar-refractivity contribution is -0.140. The molecule has 0 saturated carbocycles. The van der Waals surface area contributed by atoms with Gasteiger partial charge in [-0.3, -0.25) is 10.1 Å². The third-order valence-corrected chi connectivity index (χ3v) is 3.49. The molecule has 0 amide bonds. The van der Waals surface area contributed by atoms with E-state index in [0.717, 1.165) is 12.0 Å². The maximum Gasteiger partial charge on any atom is 0.320 e. The Balaban J connectivity index is 2.72. The minimum Gasteiger partial charge on any atom is -0.480 e. The predicted molar refractivity (Wildman–Crippen MR) is 82.8 cm³/mol. The van der Waals surface area contributed by atoms with Crippen LogP contribution in [0.15, 0.2) is 24.3 Å². The van der Waals surface area contributed by atoms with Gasteiger partial charge in [-0.2, -0.15) is 0 Å². The first kappa shape index (κ1) is 16.7. The number of aliphatic carboxylic acids is 1. The molecule has 3 nitrogen and oxygen atoms in total. The van der Waals surface area contributed by atoms with Crippen molar-refractivity contribution in [3.8, 4) is 0 Å². The molecule has 0 fully saturated rings. The summed E-state index contributed by atoms with van der Waals surface area (Å²) in [5.41, 5.74) is 2.46. The molecule has 0 heterocycles. The van der Waals surface area contributed by atoms with Crippen LogP contribution in [-0.2, 0) is 11.2 Å². The molecule has 0 aliphatic carbocycles. The van der Waals surface area contributed by atoms with E-state index in [4.69, 9.17) is 0 Å². The lowest BCUT2D eigenvalue weighted by Gasteiger charge is -2.23. The Kier molecular flexibility index (Phi) is 6.21. The first-order valence-corrected chi connectivity index (χ1v) is 7.39. The number of hydrogen-bond donors (Lipinski definition) is 2. The smallest absolute Gasteiger partial charge is 0.320 e. The quantitative estimate of drug-likeness (QED) is 0.800. The zero-order valence-electron chi connectivity index (χ0n) is 13.2. The Morgan fingerprint density at radius 3 is 2.05 bits per heavy atom. The van der Waals surface area contributed by atoms with E-state index in [0.29, 0.717) is 5.92 Å². The highest BCUT2D eigenvalue weighted by Crippen LogP contribution is 2.17. The van der Waals surface area contributed by atoms with Crippen LogP contribution in [0.3, 0.4) is 0 Å². The Labute approximate surface area is 122 Å². The van der Waals surface area contributed by atoms with Gasteiger partial charge in [-0.05, 0) is 36.3 Å². The fourth-order valence-corrected chi connectivity index (χ4v) is 2.33. The molecule has 1 rings (SSSR count). The number of nitrogens with one attached hydrogen (secondary N) is 1. The molecule has 2 atom stereocenters. The SMILES string of the molecule is CC(C)Cc1ccc(C(C)NC(C(=O)O)C(C)C)cc1. The maximum atomic E-state index is 11.2. The molecule has 2 N–H and O–H groups in total. The van der Waals surface area contributed by atoms with Crippen LogP contribution in [0.2, 0.25) is 0 Å². The summed E-state index contributed by atoms with van der Waals surface area (Å²) < 4.78 is 0. The zero-order valence-corrected chi connectivity index (χ0v) is 13.2. The van der Waals surface area contributed by atoms with Gasteiger partial charge in [0.15, 0.2) is 0 Å². The summed E-state index contributed by atoms with van der Waals surface area (Å²) >= 11 is 0. The number of benzene rings is 1. The van der Waals surface area contributed by atoms with Crippen LogP contribution in [0, 0.1) is 11.8 Å². The van der Waals surface area contributed by atoms with E-state index in [2.05, 4.69) is 43.4 Å². The maximum absolute atomic E-state index is 11.2. The van der Waals surface area contributed by atoms with Crippen molar-refractivity contribution < 1.29 is 9.90 Å². The highest BCUT2D eigenvalue weighted by Gasteiger charge is 2.23. The highest BCUT2D eigenvalue weighted by atomic mass is 16.4. The summed E-state index contributed by atoms with van der Waals surface area (Å²) in [6.07, 6.45) is 1.08. The van der Waals surface area contributed by atoms with Gasteiger partial charge in [0.05, 0.1) is 0 Å². The second-order valence-corrected chi connectivity index (χ2v) is 6.29. The van der Waals surface area contributed by atoms with E-state index in [1.165, 1.54) is 5.56 Å². The molecule has 0 radical (unpaired) electrons. The Hall–Kier alpha value is -1.35. The molecule has 2 unspecified atom stereocenters. The molecule has 0 saturated heterocycles. The van der Waals surface area contributed by atoms with E-state index >= 15 is 0 Å². The van der Waals surface area contributed by atoms with Gasteiger partial charge in [0.1, 0.15) is 6.04 Å². The molecule has 0 aliphatic heterocycles. The van der Waals surface area contributed by atoms with Crippen LogP contribution >= 0.6 is 0 Å². The third kappa shape index (κ3) is 4.97. The van der Waals surface area contributed by atoms with Crippen molar-refractivity contribution in [3.63, 3.8) is 0 Å². The second kappa shape index (κ2) is 7.44. The number of carboxylic acids is 1. The van der Waals surface area contributed by atoms with Crippen LogP contribution in [0.1, 0.15) is 51.8 Å². The summed E-state index contributed by atoms with van der Waals surface area (Å²) in [7, 11) is 0. The van der Waals surface area contributed by atoms with E-state index in [1.807, 2.05) is 20.8 Å². The van der Waals surface area contributed by atoms with E-state index in [9.17, 15) is 9.90 Å². The molecule has 0 aromatic heterocycles. The molecule has 0 bridgehead atoms. The van der Waals surface area contributed by atoms with Crippen molar-refractivity contribution >= 4 is 5.97 Å². The molecule has 1 aromatic rings. The molecule has 1 aromatic carbocycles. The van der Waals surface area contributed by atoms with Crippen molar-refractivity contribution in [2.45, 2.75) is 53.1 Å². The van der Waals surface area contributed by atoms with Gasteiger partial charge >= 0.3 is 5.97 Å². The van der Waals surface area contributed by atoms with Crippen LogP contribution < -0.4 is 5.32 Å². The van der Waals surface area contributed by atoms with Crippen molar-refractivity contribution in [3.05, 3.63) is 35.4 Å². The first-order chi connectivity index (χ1) is 9.31. The lowest BCUT2D eigenvalue weighted by Crippen LogP contribution is -2.42. The lowest BCUT2D eigenvalue weighted by atomic mass is 9.98. The Bertz CT molecular complexity index is 423. The average molecular weight is 277 g/mol. The third-order valence-electron chi connectivity index (χ3n) is 3.49. The summed E-state index contributed by atoms with van der Waals surface area (Å²) in [5, 5.41) is 12.4. The molecule has 112 valence electrons. The molecular weight excluding hydrogens is 250 g/mol. The monoisotopic (exact) mass is 277 g/mol. The van der Waals surface area contributed by atoms with Crippen molar-refractivity contribution in [2.24, 2.45) is 11.8 Å². The summed E-state index contributed by atoms with van der Waals surface area (Å²) in [5.74, 6) is -0.0767. The van der Waals surface area contributed by atoms with Gasteiger partial charge in [-0.15, -0.1) is 0 Å². The fraction of sp³-hybridized carbons (Fsp3) is 0.588. The largest absolute Gasteiger partial charge is 0.480 e. The number of carbonyl (C=O) groups is 1. The van der Waals surface area contributed by atoms with E-state index < -0.39 is 12.0 Å². The van der Waals surface area contributed by atoms with Gasteiger partial charge in [0, 0.05) is 6.04 Å². The topological polar surface area (TPSA) is 49.3 Å². The van der Waals surface area contributed by atoms with Crippen LogP contribution in [-0.4, -0.2) is 17.1 Å². The molecular formula is C17H27NO2. The molecule has 0 aliphatic rings. The predicted octanol–water partition coefficient (Wildman–Crippen LogP) is 3.64. The Morgan fingerprint density at radius 1 is 1.10 bits per heavy atom. The van der Waals surface area contributed by atoms with Gasteiger partial charge in [-0.1, -0.05) is 52.0 Å². The van der Waals surface area contributed by atoms with Gasteiger partial charge in [0.25, 0.3) is 0 Å². The van der Waals surface area contributed by atoms with E-state index in [-0.39, 0.29) is 12.0 Å². The van der Waals surface area contributed by atoms with Gasteiger partial charge < -0.3 is 5.11 Å². The van der Waals surface area contributed by atoms with Crippen LogP contribution in [0.25, 0.3) is 0 Å². The van der Waals surface area contributed by atoms with Crippen LogP contribution in [0.5, 0.6) is 0 Å².